The Bertz CT molecular complexity index is 535. The van der Waals surface area contributed by atoms with Gasteiger partial charge < -0.3 is 9.84 Å². The Morgan fingerprint density at radius 3 is 2.78 bits per heavy atom. The van der Waals surface area contributed by atoms with Gasteiger partial charge >= 0.3 is 5.97 Å². The third-order valence-electron chi connectivity index (χ3n) is 2.41. The molecule has 6 heteroatoms. The molecule has 1 aromatic rings. The van der Waals surface area contributed by atoms with E-state index < -0.39 is 23.9 Å². The highest BCUT2D eigenvalue weighted by Gasteiger charge is 2.30. The van der Waals surface area contributed by atoms with Gasteiger partial charge in [-0.05, 0) is 19.1 Å². The predicted molar refractivity (Wildman–Crippen MR) is 60.2 cm³/mol. The monoisotopic (exact) mass is 249 g/mol. The van der Waals surface area contributed by atoms with Crippen molar-refractivity contribution < 1.29 is 24.2 Å². The summed E-state index contributed by atoms with van der Waals surface area (Å²) < 4.78 is 4.97. The van der Waals surface area contributed by atoms with Gasteiger partial charge in [-0.2, -0.15) is 0 Å². The standard InChI is InChI=1S/C12H11NO5/c1-6(14)5-9(15)18-8-4-2-3-7-10(8)12(17)13-11(7)16/h2-4,6,14H,5H2,1H3,(H,13,16,17). The van der Waals surface area contributed by atoms with Crippen molar-refractivity contribution in [3.05, 3.63) is 29.3 Å². The molecule has 2 amide bonds. The number of esters is 1. The molecule has 0 saturated heterocycles. The summed E-state index contributed by atoms with van der Waals surface area (Å²) in [6.45, 7) is 1.45. The molecule has 0 fully saturated rings. The minimum absolute atomic E-state index is 0.0292. The van der Waals surface area contributed by atoms with Crippen molar-refractivity contribution in [2.24, 2.45) is 0 Å². The van der Waals surface area contributed by atoms with Crippen LogP contribution >= 0.6 is 0 Å². The van der Waals surface area contributed by atoms with Gasteiger partial charge in [0.25, 0.3) is 11.8 Å². The molecule has 2 rings (SSSR count). The molecular weight excluding hydrogens is 238 g/mol. The third-order valence-corrected chi connectivity index (χ3v) is 2.41. The van der Waals surface area contributed by atoms with E-state index in [9.17, 15) is 14.4 Å². The zero-order chi connectivity index (χ0) is 13.3. The molecule has 1 atom stereocenters. The molecule has 1 aliphatic rings. The Hall–Kier alpha value is -2.21. The van der Waals surface area contributed by atoms with Crippen LogP contribution in [0.5, 0.6) is 5.75 Å². The number of nitrogens with one attached hydrogen (secondary N) is 1. The lowest BCUT2D eigenvalue weighted by atomic mass is 10.1. The molecule has 1 aromatic carbocycles. The summed E-state index contributed by atoms with van der Waals surface area (Å²) in [5, 5.41) is 11.2. The van der Waals surface area contributed by atoms with Crippen LogP contribution in [0.2, 0.25) is 0 Å². The van der Waals surface area contributed by atoms with Crippen LogP contribution in [-0.4, -0.2) is 29.0 Å². The molecule has 1 aliphatic heterocycles. The number of fused-ring (bicyclic) bond motifs is 1. The maximum absolute atomic E-state index is 11.5. The summed E-state index contributed by atoms with van der Waals surface area (Å²) in [7, 11) is 0. The van der Waals surface area contributed by atoms with Crippen molar-refractivity contribution >= 4 is 17.8 Å². The van der Waals surface area contributed by atoms with E-state index in [1.807, 2.05) is 0 Å². The van der Waals surface area contributed by atoms with Crippen LogP contribution in [0.15, 0.2) is 18.2 Å². The molecule has 0 bridgehead atoms. The zero-order valence-electron chi connectivity index (χ0n) is 9.60. The molecule has 94 valence electrons. The third kappa shape index (κ3) is 2.23. The highest BCUT2D eigenvalue weighted by Crippen LogP contribution is 2.26. The second-order valence-electron chi connectivity index (χ2n) is 3.99. The van der Waals surface area contributed by atoms with E-state index in [0.29, 0.717) is 0 Å². The average Bonchev–Trinajstić information content (AvgIpc) is 2.54. The molecule has 18 heavy (non-hydrogen) atoms. The smallest absolute Gasteiger partial charge is 0.313 e. The SMILES string of the molecule is CC(O)CC(=O)Oc1cccc2c1C(=O)NC2=O. The molecule has 1 unspecified atom stereocenters. The molecule has 0 spiro atoms. The van der Waals surface area contributed by atoms with E-state index in [1.54, 1.807) is 0 Å². The lowest BCUT2D eigenvalue weighted by Crippen LogP contribution is -2.20. The Labute approximate surface area is 103 Å². The highest BCUT2D eigenvalue weighted by molar-refractivity contribution is 6.22. The van der Waals surface area contributed by atoms with Crippen molar-refractivity contribution in [2.75, 3.05) is 0 Å². The van der Waals surface area contributed by atoms with E-state index in [1.165, 1.54) is 25.1 Å². The van der Waals surface area contributed by atoms with E-state index in [4.69, 9.17) is 9.84 Å². The summed E-state index contributed by atoms with van der Waals surface area (Å²) >= 11 is 0. The fourth-order valence-electron chi connectivity index (χ4n) is 1.68. The first-order valence-electron chi connectivity index (χ1n) is 5.36. The summed E-state index contributed by atoms with van der Waals surface area (Å²) in [5.74, 6) is -1.73. The predicted octanol–water partition coefficient (Wildman–Crippen LogP) is 0.246. The molecule has 1 heterocycles. The number of carbonyl (C=O) groups excluding carboxylic acids is 3. The van der Waals surface area contributed by atoms with Gasteiger partial charge in [-0.25, -0.2) is 0 Å². The van der Waals surface area contributed by atoms with Crippen molar-refractivity contribution in [1.29, 1.82) is 0 Å². The zero-order valence-corrected chi connectivity index (χ0v) is 9.60. The van der Waals surface area contributed by atoms with Crippen LogP contribution in [0.3, 0.4) is 0 Å². The lowest BCUT2D eigenvalue weighted by Gasteiger charge is -2.08. The van der Waals surface area contributed by atoms with Crippen LogP contribution in [0, 0.1) is 0 Å². The molecule has 6 nitrogen and oxygen atoms in total. The number of aliphatic hydroxyl groups excluding tert-OH is 1. The normalized spacial score (nSPS) is 15.0. The lowest BCUT2D eigenvalue weighted by molar-refractivity contribution is -0.136. The summed E-state index contributed by atoms with van der Waals surface area (Å²) in [4.78, 5) is 34.3. The highest BCUT2D eigenvalue weighted by atomic mass is 16.5. The van der Waals surface area contributed by atoms with E-state index in [-0.39, 0.29) is 23.3 Å². The van der Waals surface area contributed by atoms with Crippen LogP contribution in [0.1, 0.15) is 34.1 Å². The number of imide groups is 1. The van der Waals surface area contributed by atoms with E-state index in [2.05, 4.69) is 5.32 Å². The first-order chi connectivity index (χ1) is 8.49. The van der Waals surface area contributed by atoms with Gasteiger partial charge in [0.15, 0.2) is 0 Å². The fraction of sp³-hybridized carbons (Fsp3) is 0.250. The number of rotatable bonds is 3. The van der Waals surface area contributed by atoms with Crippen LogP contribution in [-0.2, 0) is 4.79 Å². The number of benzene rings is 1. The summed E-state index contributed by atoms with van der Waals surface area (Å²) in [6.07, 6.45) is -1.01. The van der Waals surface area contributed by atoms with Gasteiger partial charge in [0.05, 0.1) is 23.7 Å². The maximum Gasteiger partial charge on any atom is 0.313 e. The molecular formula is C12H11NO5. The number of ether oxygens (including phenoxy) is 1. The summed E-state index contributed by atoms with van der Waals surface area (Å²) in [6, 6.07) is 4.42. The van der Waals surface area contributed by atoms with Crippen molar-refractivity contribution in [3.8, 4) is 5.75 Å². The second kappa shape index (κ2) is 4.58. The quantitative estimate of drug-likeness (QED) is 0.455. The molecule has 0 saturated carbocycles. The largest absolute Gasteiger partial charge is 0.426 e. The van der Waals surface area contributed by atoms with Gasteiger partial charge in [0, 0.05) is 0 Å². The Kier molecular flexibility index (Phi) is 3.12. The van der Waals surface area contributed by atoms with Gasteiger partial charge in [-0.15, -0.1) is 0 Å². The average molecular weight is 249 g/mol. The van der Waals surface area contributed by atoms with Gasteiger partial charge in [0.1, 0.15) is 5.75 Å². The van der Waals surface area contributed by atoms with Crippen LogP contribution < -0.4 is 10.1 Å². The topological polar surface area (TPSA) is 92.7 Å². The number of hydrogen-bond donors (Lipinski definition) is 2. The Morgan fingerprint density at radius 1 is 1.39 bits per heavy atom. The van der Waals surface area contributed by atoms with E-state index >= 15 is 0 Å². The first-order valence-corrected chi connectivity index (χ1v) is 5.36. The van der Waals surface area contributed by atoms with Crippen LogP contribution in [0.25, 0.3) is 0 Å². The van der Waals surface area contributed by atoms with Crippen LogP contribution in [0.4, 0.5) is 0 Å². The van der Waals surface area contributed by atoms with Gasteiger partial charge in [-0.3, -0.25) is 19.7 Å². The second-order valence-corrected chi connectivity index (χ2v) is 3.99. The van der Waals surface area contributed by atoms with Crippen molar-refractivity contribution in [2.45, 2.75) is 19.4 Å². The first kappa shape index (κ1) is 12.3. The maximum atomic E-state index is 11.5. The molecule has 0 aliphatic carbocycles. The molecule has 0 radical (unpaired) electrons. The molecule has 0 aromatic heterocycles. The van der Waals surface area contributed by atoms with E-state index in [0.717, 1.165) is 0 Å². The Morgan fingerprint density at radius 2 is 2.11 bits per heavy atom. The Balaban J connectivity index is 2.28. The van der Waals surface area contributed by atoms with Crippen molar-refractivity contribution in [3.63, 3.8) is 0 Å². The number of carbonyl (C=O) groups is 3. The molecule has 2 N–H and O–H groups in total. The van der Waals surface area contributed by atoms with Gasteiger partial charge in [-0.1, -0.05) is 6.07 Å². The minimum Gasteiger partial charge on any atom is -0.426 e. The van der Waals surface area contributed by atoms with Gasteiger partial charge in [0.2, 0.25) is 0 Å². The summed E-state index contributed by atoms with van der Waals surface area (Å²) in [5.41, 5.74) is 0.240. The number of amides is 2. The van der Waals surface area contributed by atoms with Crippen molar-refractivity contribution in [1.82, 2.24) is 5.32 Å². The fourth-order valence-corrected chi connectivity index (χ4v) is 1.68. The number of hydrogen-bond acceptors (Lipinski definition) is 5. The minimum atomic E-state index is -0.829. The number of aliphatic hydroxyl groups is 1.